The Labute approximate surface area is 194 Å². The molecule has 8 heteroatoms. The van der Waals surface area contributed by atoms with Gasteiger partial charge in [0.25, 0.3) is 0 Å². The topological polar surface area (TPSA) is 99.1 Å². The molecule has 0 aliphatic rings. The van der Waals surface area contributed by atoms with Crippen molar-refractivity contribution in [3.8, 4) is 0 Å². The predicted octanol–water partition coefficient (Wildman–Crippen LogP) is 3.95. The van der Waals surface area contributed by atoms with Crippen molar-refractivity contribution in [1.29, 1.82) is 0 Å². The van der Waals surface area contributed by atoms with Crippen LogP contribution in [0.5, 0.6) is 0 Å². The second kappa shape index (κ2) is 17.8. The molecule has 2 atom stereocenters. The monoisotopic (exact) mass is 460 g/mol. The molecule has 0 heterocycles. The van der Waals surface area contributed by atoms with Crippen molar-refractivity contribution in [2.24, 2.45) is 0 Å². The van der Waals surface area contributed by atoms with Gasteiger partial charge in [-0.2, -0.15) is 0 Å². The van der Waals surface area contributed by atoms with Crippen molar-refractivity contribution in [2.45, 2.75) is 96.6 Å². The van der Waals surface area contributed by atoms with Crippen LogP contribution in [0.15, 0.2) is 0 Å². The van der Waals surface area contributed by atoms with E-state index >= 15 is 0 Å². The lowest BCUT2D eigenvalue weighted by atomic mass is 10.1. The number of carbonyl (C=O) groups excluding carboxylic acids is 2. The quantitative estimate of drug-likeness (QED) is 0.167. The van der Waals surface area contributed by atoms with Gasteiger partial charge in [-0.25, -0.2) is 4.79 Å². The van der Waals surface area contributed by atoms with Gasteiger partial charge in [0.1, 0.15) is 6.61 Å². The Balaban J connectivity index is 4.46. The number of aliphatic carboxylic acids is 1. The first kappa shape index (κ1) is 30.3. The molecule has 188 valence electrons. The van der Waals surface area contributed by atoms with E-state index in [4.69, 9.17) is 14.2 Å². The van der Waals surface area contributed by atoms with E-state index in [2.05, 4.69) is 6.92 Å². The van der Waals surface area contributed by atoms with Crippen molar-refractivity contribution in [3.63, 3.8) is 0 Å². The Kier molecular flexibility index (Phi) is 16.9. The summed E-state index contributed by atoms with van der Waals surface area (Å²) in [6.45, 7) is 4.28. The number of likely N-dealkylation sites (N-methyl/N-ethyl adjacent to an activating group) is 1. The molecule has 0 fully saturated rings. The van der Waals surface area contributed by atoms with Crippen LogP contribution in [0.1, 0.15) is 84.5 Å². The number of carboxylic acids is 1. The second-order valence-corrected chi connectivity index (χ2v) is 9.25. The first-order chi connectivity index (χ1) is 15.1. The van der Waals surface area contributed by atoms with E-state index in [9.17, 15) is 19.5 Å². The van der Waals surface area contributed by atoms with Gasteiger partial charge in [-0.3, -0.25) is 9.59 Å². The Morgan fingerprint density at radius 1 is 0.812 bits per heavy atom. The smallest absolute Gasteiger partial charge is 0.362 e. The molecular formula is C24H46NO7+. The molecule has 32 heavy (non-hydrogen) atoms. The Bertz CT molecular complexity index is 531. The predicted molar refractivity (Wildman–Crippen MR) is 123 cm³/mol. The highest BCUT2D eigenvalue weighted by atomic mass is 16.6. The first-order valence-electron chi connectivity index (χ1n) is 12.1. The average Bonchev–Trinajstić information content (AvgIpc) is 2.69. The Morgan fingerprint density at radius 2 is 1.44 bits per heavy atom. The summed E-state index contributed by atoms with van der Waals surface area (Å²) in [6, 6.07) is -0.601. The lowest BCUT2D eigenvalue weighted by Gasteiger charge is -2.31. The number of ether oxygens (including phenoxy) is 3. The number of carboxylic acid groups (broad SMARTS) is 1. The highest BCUT2D eigenvalue weighted by Crippen LogP contribution is 2.11. The lowest BCUT2D eigenvalue weighted by molar-refractivity contribution is -0.887. The maximum absolute atomic E-state index is 12.2. The van der Waals surface area contributed by atoms with E-state index in [1.807, 2.05) is 28.1 Å². The van der Waals surface area contributed by atoms with Crippen LogP contribution in [0.2, 0.25) is 0 Å². The summed E-state index contributed by atoms with van der Waals surface area (Å²) in [5.41, 5.74) is 0. The summed E-state index contributed by atoms with van der Waals surface area (Å²) in [5, 5.41) is 9.40. The van der Waals surface area contributed by atoms with Crippen molar-refractivity contribution in [3.05, 3.63) is 0 Å². The fourth-order valence-corrected chi connectivity index (χ4v) is 3.30. The van der Waals surface area contributed by atoms with Gasteiger partial charge in [0.15, 0.2) is 12.1 Å². The molecule has 8 nitrogen and oxygen atoms in total. The Morgan fingerprint density at radius 3 is 2.00 bits per heavy atom. The maximum Gasteiger partial charge on any atom is 0.362 e. The summed E-state index contributed by atoms with van der Waals surface area (Å²) >= 11 is 0. The number of esters is 2. The molecule has 0 aromatic rings. The highest BCUT2D eigenvalue weighted by Gasteiger charge is 2.31. The molecule has 0 aromatic carbocycles. The van der Waals surface area contributed by atoms with Crippen LogP contribution < -0.4 is 0 Å². The van der Waals surface area contributed by atoms with Crippen LogP contribution in [-0.2, 0) is 28.6 Å². The normalized spacial score (nSPS) is 13.4. The van der Waals surface area contributed by atoms with Gasteiger partial charge in [0.05, 0.1) is 34.4 Å². The zero-order valence-corrected chi connectivity index (χ0v) is 20.9. The minimum absolute atomic E-state index is 0.0563. The van der Waals surface area contributed by atoms with Gasteiger partial charge in [-0.1, -0.05) is 52.4 Å². The number of hydrogen-bond acceptors (Lipinski definition) is 6. The van der Waals surface area contributed by atoms with E-state index in [1.54, 1.807) is 0 Å². The van der Waals surface area contributed by atoms with Gasteiger partial charge >= 0.3 is 17.9 Å². The molecule has 0 aromatic heterocycles. The van der Waals surface area contributed by atoms with Gasteiger partial charge < -0.3 is 23.8 Å². The van der Waals surface area contributed by atoms with Crippen LogP contribution >= 0.6 is 0 Å². The summed E-state index contributed by atoms with van der Waals surface area (Å²) in [5.74, 6) is -1.54. The van der Waals surface area contributed by atoms with E-state index in [0.717, 1.165) is 19.3 Å². The van der Waals surface area contributed by atoms with E-state index < -0.39 is 18.1 Å². The minimum Gasteiger partial charge on any atom is -0.477 e. The standard InChI is InChI=1S/C24H45NO7/c1-6-8-9-10-11-12-13-15-23(27)32-20(19-31-22(26)14-7-2)18-30-17-16-21(24(28)29)25(3,4)5/h20-21H,6-19H2,1-5H3/p+1. The molecule has 0 bridgehead atoms. The summed E-state index contributed by atoms with van der Waals surface area (Å²) in [6.07, 6.45) is 8.73. The number of rotatable bonds is 20. The minimum atomic E-state index is -0.882. The average molecular weight is 461 g/mol. The summed E-state index contributed by atoms with van der Waals surface area (Å²) in [7, 11) is 5.46. The summed E-state index contributed by atoms with van der Waals surface area (Å²) in [4.78, 5) is 35.4. The highest BCUT2D eigenvalue weighted by molar-refractivity contribution is 5.72. The molecule has 0 saturated heterocycles. The van der Waals surface area contributed by atoms with Crippen LogP contribution in [0.3, 0.4) is 0 Å². The molecule has 0 spiro atoms. The van der Waals surface area contributed by atoms with Gasteiger partial charge in [0.2, 0.25) is 0 Å². The van der Waals surface area contributed by atoms with Gasteiger partial charge in [-0.15, -0.1) is 0 Å². The number of quaternary nitrogens is 1. The number of carbonyl (C=O) groups is 3. The molecule has 0 aliphatic carbocycles. The molecule has 2 unspecified atom stereocenters. The van der Waals surface area contributed by atoms with Crippen LogP contribution in [0, 0.1) is 0 Å². The zero-order chi connectivity index (χ0) is 24.4. The van der Waals surface area contributed by atoms with E-state index in [-0.39, 0.29) is 36.2 Å². The molecular weight excluding hydrogens is 414 g/mol. The first-order valence-corrected chi connectivity index (χ1v) is 12.1. The van der Waals surface area contributed by atoms with E-state index in [0.29, 0.717) is 25.7 Å². The van der Waals surface area contributed by atoms with Crippen LogP contribution in [0.4, 0.5) is 0 Å². The van der Waals surface area contributed by atoms with Gasteiger partial charge in [0, 0.05) is 19.3 Å². The molecule has 0 amide bonds. The third kappa shape index (κ3) is 16.0. The van der Waals surface area contributed by atoms with Crippen molar-refractivity contribution < 1.29 is 38.2 Å². The largest absolute Gasteiger partial charge is 0.477 e. The number of hydrogen-bond donors (Lipinski definition) is 1. The summed E-state index contributed by atoms with van der Waals surface area (Å²) < 4.78 is 16.6. The van der Waals surface area contributed by atoms with Crippen molar-refractivity contribution in [1.82, 2.24) is 0 Å². The fourth-order valence-electron chi connectivity index (χ4n) is 3.30. The van der Waals surface area contributed by atoms with Crippen molar-refractivity contribution >= 4 is 17.9 Å². The van der Waals surface area contributed by atoms with Gasteiger partial charge in [-0.05, 0) is 12.8 Å². The van der Waals surface area contributed by atoms with Crippen molar-refractivity contribution in [2.75, 3.05) is 41.0 Å². The maximum atomic E-state index is 12.2. The Hall–Kier alpha value is -1.67. The van der Waals surface area contributed by atoms with Crippen LogP contribution in [-0.4, -0.2) is 80.6 Å². The lowest BCUT2D eigenvalue weighted by Crippen LogP contribution is -2.50. The second-order valence-electron chi connectivity index (χ2n) is 9.25. The third-order valence-electron chi connectivity index (χ3n) is 5.23. The SMILES string of the molecule is CCCCCCCCCC(=O)OC(COCCC(C(=O)O)[N+](C)(C)C)COC(=O)CCC. The number of unbranched alkanes of at least 4 members (excludes halogenated alkanes) is 6. The molecule has 1 N–H and O–H groups in total. The molecule has 0 radical (unpaired) electrons. The third-order valence-corrected chi connectivity index (χ3v) is 5.23. The molecule has 0 rings (SSSR count). The molecule has 0 saturated carbocycles. The van der Waals surface area contributed by atoms with Crippen LogP contribution in [0.25, 0.3) is 0 Å². The zero-order valence-electron chi connectivity index (χ0n) is 20.9. The van der Waals surface area contributed by atoms with E-state index in [1.165, 1.54) is 25.7 Å². The fraction of sp³-hybridized carbons (Fsp3) is 0.875. The molecule has 0 aliphatic heterocycles. The number of nitrogens with zero attached hydrogens (tertiary/aromatic N) is 1.